The molecule has 0 amide bonds. The molecule has 4 heterocycles. The summed E-state index contributed by atoms with van der Waals surface area (Å²) < 4.78 is 11.8. The second-order valence-electron chi connectivity index (χ2n) is 17.9. The zero-order valence-electron chi connectivity index (χ0n) is 36.9. The Morgan fingerprint density at radius 3 is 1.81 bits per heavy atom. The van der Waals surface area contributed by atoms with Crippen molar-refractivity contribution in [2.75, 3.05) is 0 Å². The second kappa shape index (κ2) is 14.8. The molecule has 0 aliphatic rings. The van der Waals surface area contributed by atoms with Gasteiger partial charge in [-0.1, -0.05) is 164 Å². The molecule has 5 nitrogen and oxygen atoms in total. The molecular weight excluding hydrogens is 861 g/mol. The number of furan rings is 1. The van der Waals surface area contributed by atoms with Gasteiger partial charge in [-0.05, 0) is 86.6 Å². The molecule has 0 saturated heterocycles. The van der Waals surface area contributed by atoms with Crippen LogP contribution >= 0.6 is 11.3 Å². The van der Waals surface area contributed by atoms with Gasteiger partial charge in [0.05, 0.1) is 16.7 Å². The van der Waals surface area contributed by atoms with Gasteiger partial charge in [-0.3, -0.25) is 0 Å². The minimum absolute atomic E-state index is 0.598. The van der Waals surface area contributed by atoms with Crippen LogP contribution in [0, 0.1) is 0 Å². The Balaban J connectivity index is 0.951. The van der Waals surface area contributed by atoms with Crippen molar-refractivity contribution in [3.05, 3.63) is 218 Å². The average Bonchev–Trinajstić information content (AvgIpc) is 4.09. The number of hydrogen-bond acceptors (Lipinski definition) is 5. The molecule has 0 unspecified atom stereocenters. The van der Waals surface area contributed by atoms with E-state index in [1.54, 1.807) is 11.3 Å². The van der Waals surface area contributed by atoms with Crippen LogP contribution in [0.1, 0.15) is 0 Å². The molecule has 0 fully saturated rings. The highest BCUT2D eigenvalue weighted by Crippen LogP contribution is 2.45. The van der Waals surface area contributed by atoms with Crippen molar-refractivity contribution >= 4 is 108 Å². The SMILES string of the molecule is c1ccc(-c2ccc(-c3nc(-c4ccc5oc6cc(-n7c8cc9ccccc9cc8c8c9ccccc9ccc87)c7ccccc7c6c5c4)nc(-c4cccc5sc6ccccc6c45)n3)cc2)cc1. The Bertz CT molecular complexity index is 4600. The fourth-order valence-corrected chi connectivity index (χ4v) is 12.0. The molecule has 69 heavy (non-hydrogen) atoms. The van der Waals surface area contributed by atoms with Gasteiger partial charge in [0.15, 0.2) is 17.5 Å². The van der Waals surface area contributed by atoms with E-state index in [1.807, 2.05) is 6.07 Å². The second-order valence-corrected chi connectivity index (χ2v) is 19.0. The molecule has 6 heteroatoms. The van der Waals surface area contributed by atoms with Crippen molar-refractivity contribution in [3.8, 4) is 51.0 Å². The van der Waals surface area contributed by atoms with Crippen LogP contribution in [0.15, 0.2) is 223 Å². The highest BCUT2D eigenvalue weighted by molar-refractivity contribution is 7.25. The normalized spacial score (nSPS) is 12.1. The molecule has 15 aromatic rings. The molecular formula is C63H36N4OS. The maximum Gasteiger partial charge on any atom is 0.164 e. The Labute approximate surface area is 398 Å². The lowest BCUT2D eigenvalue weighted by Gasteiger charge is -2.13. The molecule has 15 rings (SSSR count). The van der Waals surface area contributed by atoms with Crippen molar-refractivity contribution < 1.29 is 4.42 Å². The topological polar surface area (TPSA) is 56.7 Å². The van der Waals surface area contributed by atoms with E-state index in [4.69, 9.17) is 19.4 Å². The first-order valence-electron chi connectivity index (χ1n) is 23.2. The summed E-state index contributed by atoms with van der Waals surface area (Å²) in [5.74, 6) is 1.85. The van der Waals surface area contributed by atoms with Crippen LogP contribution in [0.25, 0.3) is 147 Å². The molecule has 0 radical (unpaired) electrons. The van der Waals surface area contributed by atoms with E-state index in [2.05, 4.69) is 217 Å². The van der Waals surface area contributed by atoms with E-state index in [9.17, 15) is 0 Å². The predicted octanol–water partition coefficient (Wildman–Crippen LogP) is 17.4. The summed E-state index contributed by atoms with van der Waals surface area (Å²) in [4.78, 5) is 15.8. The molecule has 0 spiro atoms. The molecule has 0 aliphatic heterocycles. The standard InChI is InChI=1S/C63H36N4OS/c1-2-13-37(14-3-1)38-25-27-40(28-26-38)61-64-62(66-63(65-61)48-22-12-24-57-60(48)47-21-10-11-23-56(47)69-57)43-30-32-54-50(34-43)59-46-20-9-8-19-45(46)53(36-55(59)68-54)67-51-31-29-39-15-6-7-18-44(39)58(51)49-33-41-16-4-5-17-42(41)35-52(49)67/h1-36H. The van der Waals surface area contributed by atoms with Crippen LogP contribution in [-0.2, 0) is 0 Å². The fourth-order valence-electron chi connectivity index (χ4n) is 10.8. The molecule has 0 atom stereocenters. The minimum Gasteiger partial charge on any atom is -0.456 e. The highest BCUT2D eigenvalue weighted by atomic mass is 32.1. The van der Waals surface area contributed by atoms with E-state index < -0.39 is 0 Å². The van der Waals surface area contributed by atoms with Gasteiger partial charge in [0.2, 0.25) is 0 Å². The van der Waals surface area contributed by atoms with Gasteiger partial charge in [0, 0.05) is 69.9 Å². The molecule has 0 aliphatic carbocycles. The summed E-state index contributed by atoms with van der Waals surface area (Å²) in [5.41, 5.74) is 10.1. The van der Waals surface area contributed by atoms with Gasteiger partial charge >= 0.3 is 0 Å². The van der Waals surface area contributed by atoms with Gasteiger partial charge < -0.3 is 8.98 Å². The Morgan fingerprint density at radius 2 is 0.971 bits per heavy atom. The van der Waals surface area contributed by atoms with Crippen LogP contribution in [0.2, 0.25) is 0 Å². The lowest BCUT2D eigenvalue weighted by Crippen LogP contribution is -2.00. The minimum atomic E-state index is 0.598. The van der Waals surface area contributed by atoms with Gasteiger partial charge in [0.1, 0.15) is 11.2 Å². The van der Waals surface area contributed by atoms with Gasteiger partial charge in [0.25, 0.3) is 0 Å². The number of aromatic nitrogens is 4. The smallest absolute Gasteiger partial charge is 0.164 e. The van der Waals surface area contributed by atoms with Gasteiger partial charge in [-0.25, -0.2) is 15.0 Å². The van der Waals surface area contributed by atoms with E-state index in [1.165, 1.54) is 47.1 Å². The van der Waals surface area contributed by atoms with Crippen LogP contribution in [0.4, 0.5) is 0 Å². The first-order chi connectivity index (χ1) is 34.2. The summed E-state index contributed by atoms with van der Waals surface area (Å²) in [6.07, 6.45) is 0. The quantitative estimate of drug-likeness (QED) is 0.173. The van der Waals surface area contributed by atoms with Gasteiger partial charge in [-0.15, -0.1) is 11.3 Å². The number of thiophene rings is 1. The summed E-state index contributed by atoms with van der Waals surface area (Å²) in [6.45, 7) is 0. The summed E-state index contributed by atoms with van der Waals surface area (Å²) in [7, 11) is 0. The third-order valence-electron chi connectivity index (χ3n) is 14.0. The number of nitrogens with zero attached hydrogens (tertiary/aromatic N) is 4. The molecule has 11 aromatic carbocycles. The summed E-state index contributed by atoms with van der Waals surface area (Å²) in [6, 6.07) is 77.9. The number of rotatable bonds is 5. The van der Waals surface area contributed by atoms with E-state index in [0.29, 0.717) is 17.5 Å². The summed E-state index contributed by atoms with van der Waals surface area (Å²) >= 11 is 1.79. The lowest BCUT2D eigenvalue weighted by atomic mass is 10.0. The van der Waals surface area contributed by atoms with Gasteiger partial charge in [-0.2, -0.15) is 0 Å². The molecule has 4 aromatic heterocycles. The zero-order valence-corrected chi connectivity index (χ0v) is 37.7. The van der Waals surface area contributed by atoms with Crippen LogP contribution in [-0.4, -0.2) is 19.5 Å². The Kier molecular flexibility index (Phi) is 8.17. The maximum absolute atomic E-state index is 6.90. The number of benzene rings is 11. The fraction of sp³-hybridized carbons (Fsp3) is 0. The number of fused-ring (bicyclic) bond motifs is 14. The molecule has 0 saturated carbocycles. The van der Waals surface area contributed by atoms with Crippen LogP contribution in [0.3, 0.4) is 0 Å². The first-order valence-corrected chi connectivity index (χ1v) is 24.1. The first kappa shape index (κ1) is 38.2. The van der Waals surface area contributed by atoms with Crippen molar-refractivity contribution in [1.82, 2.24) is 19.5 Å². The van der Waals surface area contributed by atoms with Crippen molar-refractivity contribution in [2.45, 2.75) is 0 Å². The van der Waals surface area contributed by atoms with E-state index in [0.717, 1.165) is 82.6 Å². The third kappa shape index (κ3) is 5.86. The third-order valence-corrected chi connectivity index (χ3v) is 15.1. The molecule has 0 bridgehead atoms. The van der Waals surface area contributed by atoms with Crippen LogP contribution < -0.4 is 0 Å². The predicted molar refractivity (Wildman–Crippen MR) is 289 cm³/mol. The monoisotopic (exact) mass is 896 g/mol. The van der Waals surface area contributed by atoms with E-state index in [-0.39, 0.29) is 0 Å². The Morgan fingerprint density at radius 1 is 0.333 bits per heavy atom. The molecule has 320 valence electrons. The summed E-state index contributed by atoms with van der Waals surface area (Å²) in [5, 5.41) is 14.0. The van der Waals surface area contributed by atoms with Crippen LogP contribution in [0.5, 0.6) is 0 Å². The van der Waals surface area contributed by atoms with Crippen molar-refractivity contribution in [2.24, 2.45) is 0 Å². The van der Waals surface area contributed by atoms with E-state index >= 15 is 0 Å². The largest absolute Gasteiger partial charge is 0.456 e. The Hall–Kier alpha value is -8.97. The maximum atomic E-state index is 6.90. The molecule has 0 N–H and O–H groups in total. The van der Waals surface area contributed by atoms with Crippen molar-refractivity contribution in [3.63, 3.8) is 0 Å². The highest BCUT2D eigenvalue weighted by Gasteiger charge is 2.22. The van der Waals surface area contributed by atoms with Crippen molar-refractivity contribution in [1.29, 1.82) is 0 Å². The lowest BCUT2D eigenvalue weighted by molar-refractivity contribution is 0.669. The number of hydrogen-bond donors (Lipinski definition) is 0. The zero-order chi connectivity index (χ0) is 45.2. The average molecular weight is 897 g/mol.